The fourth-order valence-electron chi connectivity index (χ4n) is 4.19. The first-order valence-electron chi connectivity index (χ1n) is 10.7. The lowest BCUT2D eigenvalue weighted by Crippen LogP contribution is -2.23. The van der Waals surface area contributed by atoms with Crippen LogP contribution in [0.1, 0.15) is 24.4 Å². The molecule has 0 radical (unpaired) electrons. The van der Waals surface area contributed by atoms with E-state index in [1.807, 2.05) is 0 Å². The quantitative estimate of drug-likeness (QED) is 0.413. The van der Waals surface area contributed by atoms with Gasteiger partial charge in [0.1, 0.15) is 29.0 Å². The molecule has 2 N–H and O–H groups in total. The molecule has 1 unspecified atom stereocenters. The van der Waals surface area contributed by atoms with Gasteiger partial charge in [0.25, 0.3) is 0 Å². The van der Waals surface area contributed by atoms with Crippen LogP contribution >= 0.6 is 0 Å². The standard InChI is InChI=1S/C24H18F3N7/c25-17-3-1-14(2-4-17)22(24(27)8-9-24)34-13-16(12-29-34)19-6-5-18(26)21(30-19)15-7-10-33-20(11-15)31-23(28)32-33/h1-7,10-13,22H,8-9H2,(H2,28,32). The molecule has 4 aromatic heterocycles. The Hall–Kier alpha value is -4.21. The number of rotatable bonds is 5. The van der Waals surface area contributed by atoms with Crippen molar-refractivity contribution < 1.29 is 13.2 Å². The maximum Gasteiger partial charge on any atom is 0.240 e. The highest BCUT2D eigenvalue weighted by atomic mass is 19.1. The van der Waals surface area contributed by atoms with Crippen molar-refractivity contribution in [3.05, 3.63) is 84.3 Å². The highest BCUT2D eigenvalue weighted by Gasteiger charge is 2.52. The molecule has 1 aliphatic rings. The minimum atomic E-state index is -1.45. The van der Waals surface area contributed by atoms with Gasteiger partial charge in [-0.3, -0.25) is 4.68 Å². The van der Waals surface area contributed by atoms with Gasteiger partial charge in [-0.05, 0) is 54.8 Å². The molecule has 0 bridgehead atoms. The van der Waals surface area contributed by atoms with E-state index in [-0.39, 0.29) is 17.5 Å². The molecule has 0 saturated heterocycles. The Morgan fingerprint density at radius 2 is 1.76 bits per heavy atom. The first-order valence-corrected chi connectivity index (χ1v) is 10.7. The number of halogens is 3. The van der Waals surface area contributed by atoms with E-state index in [1.54, 1.807) is 48.9 Å². The van der Waals surface area contributed by atoms with E-state index in [4.69, 9.17) is 5.73 Å². The van der Waals surface area contributed by atoms with Gasteiger partial charge in [0, 0.05) is 23.5 Å². The molecule has 34 heavy (non-hydrogen) atoms. The minimum absolute atomic E-state index is 0.115. The molecule has 5 aromatic rings. The third-order valence-electron chi connectivity index (χ3n) is 6.04. The lowest BCUT2D eigenvalue weighted by Gasteiger charge is -2.21. The van der Waals surface area contributed by atoms with Gasteiger partial charge < -0.3 is 5.73 Å². The van der Waals surface area contributed by atoms with Crippen LogP contribution in [-0.2, 0) is 0 Å². The molecule has 4 heterocycles. The summed E-state index contributed by atoms with van der Waals surface area (Å²) in [5.41, 5.74) is 7.01. The Balaban J connectivity index is 1.38. The fourth-order valence-corrected chi connectivity index (χ4v) is 4.19. The normalized spacial score (nSPS) is 15.5. The largest absolute Gasteiger partial charge is 0.366 e. The van der Waals surface area contributed by atoms with Crippen molar-refractivity contribution in [1.82, 2.24) is 29.4 Å². The maximum absolute atomic E-state index is 15.3. The summed E-state index contributed by atoms with van der Waals surface area (Å²) in [5, 5.41) is 8.40. The first kappa shape index (κ1) is 20.4. The summed E-state index contributed by atoms with van der Waals surface area (Å²) in [5.74, 6) is -0.774. The van der Waals surface area contributed by atoms with Gasteiger partial charge in [0.15, 0.2) is 5.65 Å². The smallest absolute Gasteiger partial charge is 0.240 e. The zero-order valence-corrected chi connectivity index (χ0v) is 17.7. The van der Waals surface area contributed by atoms with Crippen molar-refractivity contribution >= 4 is 11.6 Å². The third kappa shape index (κ3) is 3.47. The van der Waals surface area contributed by atoms with Crippen LogP contribution in [0.15, 0.2) is 67.1 Å². The molecule has 170 valence electrons. The van der Waals surface area contributed by atoms with Crippen LogP contribution in [0.4, 0.5) is 19.1 Å². The Labute approximate surface area is 191 Å². The number of aromatic nitrogens is 6. The van der Waals surface area contributed by atoms with Crippen LogP contribution in [0.25, 0.3) is 28.2 Å². The van der Waals surface area contributed by atoms with Crippen LogP contribution in [0.5, 0.6) is 0 Å². The van der Waals surface area contributed by atoms with Gasteiger partial charge in [-0.2, -0.15) is 10.1 Å². The third-order valence-corrected chi connectivity index (χ3v) is 6.04. The summed E-state index contributed by atoms with van der Waals surface area (Å²) in [6.45, 7) is 0. The van der Waals surface area contributed by atoms with Crippen LogP contribution < -0.4 is 5.73 Å². The summed E-state index contributed by atoms with van der Waals surface area (Å²) in [7, 11) is 0. The number of fused-ring (bicyclic) bond motifs is 1. The second kappa shape index (κ2) is 7.41. The number of nitrogen functional groups attached to an aromatic ring is 1. The molecular formula is C24H18F3N7. The van der Waals surface area contributed by atoms with Crippen molar-refractivity contribution in [3.63, 3.8) is 0 Å². The van der Waals surface area contributed by atoms with Crippen LogP contribution in [0, 0.1) is 11.6 Å². The molecule has 6 rings (SSSR count). The van der Waals surface area contributed by atoms with Gasteiger partial charge in [-0.15, -0.1) is 5.10 Å². The molecule has 0 amide bonds. The first-order chi connectivity index (χ1) is 16.4. The van der Waals surface area contributed by atoms with Gasteiger partial charge >= 0.3 is 0 Å². The number of hydrogen-bond donors (Lipinski definition) is 1. The summed E-state index contributed by atoms with van der Waals surface area (Å²) in [6.07, 6.45) is 5.68. The second-order valence-electron chi connectivity index (χ2n) is 8.41. The Bertz CT molecular complexity index is 1520. The van der Waals surface area contributed by atoms with E-state index in [0.717, 1.165) is 0 Å². The highest BCUT2D eigenvalue weighted by Crippen LogP contribution is 2.51. The van der Waals surface area contributed by atoms with Crippen LogP contribution in [-0.4, -0.2) is 35.0 Å². The second-order valence-corrected chi connectivity index (χ2v) is 8.41. The topological polar surface area (TPSA) is 86.9 Å². The van der Waals surface area contributed by atoms with Crippen molar-refractivity contribution in [2.45, 2.75) is 24.6 Å². The Morgan fingerprint density at radius 1 is 0.971 bits per heavy atom. The maximum atomic E-state index is 15.3. The van der Waals surface area contributed by atoms with Crippen LogP contribution in [0.3, 0.4) is 0 Å². The molecule has 1 saturated carbocycles. The van der Waals surface area contributed by atoms with E-state index in [0.29, 0.717) is 40.9 Å². The summed E-state index contributed by atoms with van der Waals surface area (Å²) >= 11 is 0. The molecule has 1 fully saturated rings. The Kier molecular flexibility index (Phi) is 4.44. The monoisotopic (exact) mass is 461 g/mol. The predicted molar refractivity (Wildman–Crippen MR) is 119 cm³/mol. The van der Waals surface area contributed by atoms with Crippen molar-refractivity contribution in [1.29, 1.82) is 0 Å². The molecule has 0 spiro atoms. The van der Waals surface area contributed by atoms with Crippen molar-refractivity contribution in [2.24, 2.45) is 0 Å². The molecule has 1 aromatic carbocycles. The number of nitrogens with zero attached hydrogens (tertiary/aromatic N) is 6. The van der Waals surface area contributed by atoms with Gasteiger partial charge in [-0.25, -0.2) is 22.7 Å². The van der Waals surface area contributed by atoms with Gasteiger partial charge in [-0.1, -0.05) is 12.1 Å². The molecule has 10 heteroatoms. The number of nitrogens with two attached hydrogens (primary N) is 1. The van der Waals surface area contributed by atoms with Crippen LogP contribution in [0.2, 0.25) is 0 Å². The number of pyridine rings is 2. The lowest BCUT2D eigenvalue weighted by atomic mass is 10.0. The molecule has 0 aliphatic heterocycles. The van der Waals surface area contributed by atoms with E-state index >= 15 is 4.39 Å². The number of hydrogen-bond acceptors (Lipinski definition) is 5. The SMILES string of the molecule is Nc1nc2cc(-c3nc(-c4cnn(C(c5ccc(F)cc5)C5(F)CC5)c4)ccc3F)ccn2n1. The molecule has 1 aliphatic carbocycles. The minimum Gasteiger partial charge on any atom is -0.366 e. The predicted octanol–water partition coefficient (Wildman–Crippen LogP) is 4.61. The van der Waals surface area contributed by atoms with E-state index in [1.165, 1.54) is 27.4 Å². The molecule has 7 nitrogen and oxygen atoms in total. The Morgan fingerprint density at radius 3 is 2.53 bits per heavy atom. The average molecular weight is 461 g/mol. The molecular weight excluding hydrogens is 443 g/mol. The molecule has 1 atom stereocenters. The zero-order valence-electron chi connectivity index (χ0n) is 17.7. The zero-order chi connectivity index (χ0) is 23.4. The van der Waals surface area contributed by atoms with Crippen molar-refractivity contribution in [2.75, 3.05) is 5.73 Å². The van der Waals surface area contributed by atoms with E-state index in [9.17, 15) is 8.78 Å². The van der Waals surface area contributed by atoms with Gasteiger partial charge in [0.2, 0.25) is 5.95 Å². The highest BCUT2D eigenvalue weighted by molar-refractivity contribution is 5.68. The number of benzene rings is 1. The summed E-state index contributed by atoms with van der Waals surface area (Å²) in [4.78, 5) is 8.60. The van der Waals surface area contributed by atoms with Gasteiger partial charge in [0.05, 0.1) is 11.9 Å². The summed E-state index contributed by atoms with van der Waals surface area (Å²) < 4.78 is 46.4. The van der Waals surface area contributed by atoms with E-state index < -0.39 is 17.5 Å². The number of alkyl halides is 1. The lowest BCUT2D eigenvalue weighted by molar-refractivity contribution is 0.221. The summed E-state index contributed by atoms with van der Waals surface area (Å²) in [6, 6.07) is 11.3. The average Bonchev–Trinajstić information content (AvgIpc) is 3.21. The van der Waals surface area contributed by atoms with Crippen molar-refractivity contribution in [3.8, 4) is 22.5 Å². The fraction of sp³-hybridized carbons (Fsp3) is 0.167. The van der Waals surface area contributed by atoms with E-state index in [2.05, 4.69) is 20.2 Å². The number of anilines is 1.